The minimum absolute atomic E-state index is 0. The quantitative estimate of drug-likeness (QED) is 0.444. The molecule has 1 heterocycles. The van der Waals surface area contributed by atoms with Crippen LogP contribution in [0.15, 0.2) is 53.5 Å². The van der Waals surface area contributed by atoms with Gasteiger partial charge in [0.2, 0.25) is 0 Å². The van der Waals surface area contributed by atoms with E-state index >= 15 is 0 Å². The first-order chi connectivity index (χ1) is 10.7. The highest BCUT2D eigenvalue weighted by Gasteiger charge is 2.30. The molecule has 0 bridgehead atoms. The molecule has 3 N–H and O–H groups in total. The van der Waals surface area contributed by atoms with Crippen LogP contribution in [0, 0.1) is 0 Å². The van der Waals surface area contributed by atoms with Gasteiger partial charge in [-0.3, -0.25) is 0 Å². The Morgan fingerprint density at radius 2 is 1.87 bits per heavy atom. The van der Waals surface area contributed by atoms with Crippen molar-refractivity contribution in [2.45, 2.75) is 32.4 Å². The Balaban J connectivity index is 0.00000192. The molecule has 0 saturated heterocycles. The Kier molecular flexibility index (Phi) is 5.87. The molecular weight excluding hydrogens is 401 g/mol. The van der Waals surface area contributed by atoms with Gasteiger partial charge in [-0.2, -0.15) is 0 Å². The van der Waals surface area contributed by atoms with Crippen molar-refractivity contribution < 1.29 is 4.74 Å². The molecule has 1 aliphatic rings. The molecule has 23 heavy (non-hydrogen) atoms. The number of para-hydroxylation sites is 1. The van der Waals surface area contributed by atoms with Gasteiger partial charge < -0.3 is 15.8 Å². The molecule has 0 saturated carbocycles. The summed E-state index contributed by atoms with van der Waals surface area (Å²) in [7, 11) is 0. The molecule has 0 fully saturated rings. The summed E-state index contributed by atoms with van der Waals surface area (Å²) in [6.45, 7) is 4.15. The second kappa shape index (κ2) is 7.68. The number of halogens is 1. The van der Waals surface area contributed by atoms with E-state index in [2.05, 4.69) is 29.4 Å². The van der Waals surface area contributed by atoms with Gasteiger partial charge in [-0.15, -0.1) is 24.0 Å². The molecule has 3 rings (SSSR count). The van der Waals surface area contributed by atoms with Crippen LogP contribution in [0.2, 0.25) is 0 Å². The third-order valence-corrected chi connectivity index (χ3v) is 3.91. The van der Waals surface area contributed by atoms with Crippen LogP contribution in [0.25, 0.3) is 0 Å². The normalized spacial score (nSPS) is 19.5. The third-order valence-electron chi connectivity index (χ3n) is 3.91. The van der Waals surface area contributed by atoms with E-state index in [4.69, 9.17) is 10.5 Å². The minimum atomic E-state index is -0.0707. The number of ether oxygens (including phenoxy) is 1. The molecule has 0 spiro atoms. The van der Waals surface area contributed by atoms with Gasteiger partial charge in [0.25, 0.3) is 0 Å². The Morgan fingerprint density at radius 1 is 1.17 bits per heavy atom. The topological polar surface area (TPSA) is 59.6 Å². The van der Waals surface area contributed by atoms with E-state index in [1.165, 1.54) is 5.56 Å². The fourth-order valence-electron chi connectivity index (χ4n) is 2.68. The van der Waals surface area contributed by atoms with Crippen LogP contribution >= 0.6 is 24.0 Å². The Bertz CT molecular complexity index is 685. The molecule has 2 unspecified atom stereocenters. The summed E-state index contributed by atoms with van der Waals surface area (Å²) in [5, 5.41) is 3.14. The highest BCUT2D eigenvalue weighted by molar-refractivity contribution is 14.0. The van der Waals surface area contributed by atoms with Gasteiger partial charge in [-0.1, -0.05) is 37.3 Å². The van der Waals surface area contributed by atoms with E-state index in [0.29, 0.717) is 5.96 Å². The van der Waals surface area contributed by atoms with Crippen molar-refractivity contribution in [3.63, 3.8) is 0 Å². The standard InChI is InChI=1S/C18H21N3O.HI/c1-3-13-8-10-14(11-9-13)20-18(19)21-17-12(2)22-16-7-5-4-6-15(16)17;/h4-12,17H,3H2,1-2H3,(H3,19,20,21);1H. The molecule has 2 atom stereocenters. The summed E-state index contributed by atoms with van der Waals surface area (Å²) in [5.74, 6) is 1.30. The summed E-state index contributed by atoms with van der Waals surface area (Å²) in [5.41, 5.74) is 9.38. The fraction of sp³-hybridized carbons (Fsp3) is 0.278. The first-order valence-corrected chi connectivity index (χ1v) is 7.62. The lowest BCUT2D eigenvalue weighted by Gasteiger charge is -2.12. The fourth-order valence-corrected chi connectivity index (χ4v) is 2.68. The molecular formula is C18H22IN3O. The number of anilines is 1. The largest absolute Gasteiger partial charge is 0.488 e. The van der Waals surface area contributed by atoms with Crippen LogP contribution in [-0.4, -0.2) is 12.1 Å². The molecule has 2 aromatic rings. The maximum absolute atomic E-state index is 6.06. The number of hydrogen-bond donors (Lipinski definition) is 2. The predicted molar refractivity (Wildman–Crippen MR) is 106 cm³/mol. The average Bonchev–Trinajstić information content (AvgIpc) is 2.84. The zero-order valence-electron chi connectivity index (χ0n) is 13.3. The molecule has 4 nitrogen and oxygen atoms in total. The lowest BCUT2D eigenvalue weighted by Crippen LogP contribution is -2.25. The van der Waals surface area contributed by atoms with Gasteiger partial charge in [-0.05, 0) is 37.1 Å². The van der Waals surface area contributed by atoms with Gasteiger partial charge in [-0.25, -0.2) is 4.99 Å². The van der Waals surface area contributed by atoms with Crippen molar-refractivity contribution in [1.29, 1.82) is 0 Å². The van der Waals surface area contributed by atoms with Crippen molar-refractivity contribution in [3.05, 3.63) is 59.7 Å². The molecule has 1 aliphatic heterocycles. The van der Waals surface area contributed by atoms with Gasteiger partial charge >= 0.3 is 0 Å². The molecule has 122 valence electrons. The van der Waals surface area contributed by atoms with Gasteiger partial charge in [0.15, 0.2) is 5.96 Å². The minimum Gasteiger partial charge on any atom is -0.488 e. The highest BCUT2D eigenvalue weighted by atomic mass is 127. The predicted octanol–water partition coefficient (Wildman–Crippen LogP) is 4.12. The summed E-state index contributed by atoms with van der Waals surface area (Å²) < 4.78 is 5.81. The van der Waals surface area contributed by atoms with Crippen molar-refractivity contribution in [3.8, 4) is 5.75 Å². The number of benzene rings is 2. The first-order valence-electron chi connectivity index (χ1n) is 7.62. The SMILES string of the molecule is CCc1ccc(NC(N)=NC2c3ccccc3OC2C)cc1.I. The number of nitrogens with two attached hydrogens (primary N) is 1. The van der Waals surface area contributed by atoms with Crippen molar-refractivity contribution in [2.24, 2.45) is 10.7 Å². The van der Waals surface area contributed by atoms with Gasteiger partial charge in [0.05, 0.1) is 0 Å². The molecule has 5 heteroatoms. The molecule has 0 aromatic heterocycles. The Labute approximate surface area is 154 Å². The number of nitrogens with one attached hydrogen (secondary N) is 1. The number of aryl methyl sites for hydroxylation is 1. The second-order valence-corrected chi connectivity index (χ2v) is 5.50. The van der Waals surface area contributed by atoms with Crippen molar-refractivity contribution >= 4 is 35.6 Å². The van der Waals surface area contributed by atoms with E-state index in [1.807, 2.05) is 43.3 Å². The average molecular weight is 423 g/mol. The van der Waals surface area contributed by atoms with E-state index in [-0.39, 0.29) is 36.1 Å². The van der Waals surface area contributed by atoms with E-state index in [0.717, 1.165) is 23.4 Å². The van der Waals surface area contributed by atoms with Crippen LogP contribution in [0.3, 0.4) is 0 Å². The van der Waals surface area contributed by atoms with Crippen LogP contribution in [-0.2, 0) is 6.42 Å². The summed E-state index contributed by atoms with van der Waals surface area (Å²) in [4.78, 5) is 4.59. The third kappa shape index (κ3) is 3.96. The number of guanidine groups is 1. The van der Waals surface area contributed by atoms with Crippen molar-refractivity contribution in [1.82, 2.24) is 0 Å². The van der Waals surface area contributed by atoms with Crippen LogP contribution in [0.4, 0.5) is 5.69 Å². The second-order valence-electron chi connectivity index (χ2n) is 5.50. The number of aliphatic imine (C=N–C) groups is 1. The summed E-state index contributed by atoms with van der Waals surface area (Å²) in [6, 6.07) is 16.1. The zero-order valence-corrected chi connectivity index (χ0v) is 15.7. The van der Waals surface area contributed by atoms with Crippen molar-refractivity contribution in [2.75, 3.05) is 5.32 Å². The van der Waals surface area contributed by atoms with Crippen LogP contribution < -0.4 is 15.8 Å². The number of hydrogen-bond acceptors (Lipinski definition) is 2. The highest BCUT2D eigenvalue weighted by Crippen LogP contribution is 2.38. The lowest BCUT2D eigenvalue weighted by molar-refractivity contribution is 0.229. The lowest BCUT2D eigenvalue weighted by atomic mass is 10.1. The number of nitrogens with zero attached hydrogens (tertiary/aromatic N) is 1. The van der Waals surface area contributed by atoms with Crippen LogP contribution in [0.1, 0.15) is 31.0 Å². The first kappa shape index (κ1) is 17.6. The molecule has 0 amide bonds. The monoisotopic (exact) mass is 423 g/mol. The van der Waals surface area contributed by atoms with E-state index < -0.39 is 0 Å². The van der Waals surface area contributed by atoms with Gasteiger partial charge in [0, 0.05) is 11.3 Å². The summed E-state index contributed by atoms with van der Waals surface area (Å²) in [6.07, 6.45) is 1.01. The van der Waals surface area contributed by atoms with E-state index in [9.17, 15) is 0 Å². The van der Waals surface area contributed by atoms with Crippen LogP contribution in [0.5, 0.6) is 5.75 Å². The van der Waals surface area contributed by atoms with Gasteiger partial charge in [0.1, 0.15) is 17.9 Å². The zero-order chi connectivity index (χ0) is 15.5. The molecule has 0 aliphatic carbocycles. The Morgan fingerprint density at radius 3 is 2.57 bits per heavy atom. The smallest absolute Gasteiger partial charge is 0.193 e. The maximum Gasteiger partial charge on any atom is 0.193 e. The maximum atomic E-state index is 6.06. The summed E-state index contributed by atoms with van der Waals surface area (Å²) >= 11 is 0. The van der Waals surface area contributed by atoms with E-state index in [1.54, 1.807) is 0 Å². The molecule has 0 radical (unpaired) electrons. The molecule has 2 aromatic carbocycles. The number of fused-ring (bicyclic) bond motifs is 1. The Hall–Kier alpha value is -1.76. The number of rotatable bonds is 3.